The smallest absolute Gasteiger partial charge is 0.251 e. The Morgan fingerprint density at radius 2 is 1.80 bits per heavy atom. The molecule has 160 valence electrons. The summed E-state index contributed by atoms with van der Waals surface area (Å²) in [5.74, 6) is 0.995. The van der Waals surface area contributed by atoms with Crippen molar-refractivity contribution in [1.29, 1.82) is 0 Å². The van der Waals surface area contributed by atoms with Gasteiger partial charge in [-0.3, -0.25) is 9.59 Å². The van der Waals surface area contributed by atoms with Crippen molar-refractivity contribution < 1.29 is 19.1 Å². The van der Waals surface area contributed by atoms with Crippen molar-refractivity contribution in [3.05, 3.63) is 47.5 Å². The molecule has 0 atom stereocenters. The van der Waals surface area contributed by atoms with Crippen molar-refractivity contribution in [3.63, 3.8) is 0 Å². The van der Waals surface area contributed by atoms with E-state index in [0.29, 0.717) is 22.7 Å². The normalized spacial score (nSPS) is 12.9. The Morgan fingerprint density at radius 3 is 2.43 bits per heavy atom. The number of carbonyl (C=O) groups is 2. The van der Waals surface area contributed by atoms with Crippen LogP contribution >= 0.6 is 0 Å². The number of rotatable bonds is 7. The van der Waals surface area contributed by atoms with Crippen LogP contribution in [0, 0.1) is 0 Å². The van der Waals surface area contributed by atoms with E-state index >= 15 is 0 Å². The third kappa shape index (κ3) is 5.03. The number of anilines is 2. The summed E-state index contributed by atoms with van der Waals surface area (Å²) in [5.41, 5.74) is 3.23. The molecule has 1 heterocycles. The van der Waals surface area contributed by atoms with Crippen LogP contribution in [0.4, 0.5) is 11.4 Å². The summed E-state index contributed by atoms with van der Waals surface area (Å²) >= 11 is 0. The monoisotopic (exact) mass is 411 g/mol. The van der Waals surface area contributed by atoms with E-state index in [4.69, 9.17) is 9.47 Å². The summed E-state index contributed by atoms with van der Waals surface area (Å²) in [6, 6.07) is 11.0. The third-order valence-corrected chi connectivity index (χ3v) is 4.98. The summed E-state index contributed by atoms with van der Waals surface area (Å²) in [5, 5.41) is 5.87. The van der Waals surface area contributed by atoms with E-state index in [0.717, 1.165) is 30.6 Å². The molecule has 2 aromatic rings. The number of fused-ring (bicyclic) bond motifs is 1. The van der Waals surface area contributed by atoms with E-state index in [2.05, 4.69) is 10.6 Å². The molecule has 0 saturated heterocycles. The van der Waals surface area contributed by atoms with Crippen molar-refractivity contribution in [1.82, 2.24) is 5.32 Å². The standard InChI is InChI=1S/C23H29N3O4/c1-15(2)24-23(28)20-7-5-9-21-19(20)8-6-10-26(21)14-22(27)25-16-11-17(29-3)13-18(12-16)30-4/h5,7,9,11-13,15H,6,8,10,14H2,1-4H3,(H,24,28)(H,25,27). The second-order valence-electron chi connectivity index (χ2n) is 7.61. The zero-order chi connectivity index (χ0) is 21.7. The van der Waals surface area contributed by atoms with E-state index in [9.17, 15) is 9.59 Å². The lowest BCUT2D eigenvalue weighted by molar-refractivity contribution is -0.115. The van der Waals surface area contributed by atoms with E-state index in [1.807, 2.05) is 36.9 Å². The number of nitrogens with zero attached hydrogens (tertiary/aromatic N) is 1. The molecule has 30 heavy (non-hydrogen) atoms. The minimum atomic E-state index is -0.143. The van der Waals surface area contributed by atoms with Crippen LogP contribution in [0.1, 0.15) is 36.2 Å². The number of benzene rings is 2. The largest absolute Gasteiger partial charge is 0.497 e. The highest BCUT2D eigenvalue weighted by Crippen LogP contribution is 2.30. The molecule has 2 amide bonds. The lowest BCUT2D eigenvalue weighted by Gasteiger charge is -2.32. The number of ether oxygens (including phenoxy) is 2. The Balaban J connectivity index is 1.76. The average molecular weight is 412 g/mol. The summed E-state index contributed by atoms with van der Waals surface area (Å²) in [4.78, 5) is 27.4. The lowest BCUT2D eigenvalue weighted by atomic mass is 9.95. The van der Waals surface area contributed by atoms with Crippen LogP contribution in [0.25, 0.3) is 0 Å². The van der Waals surface area contributed by atoms with Crippen LogP contribution in [0.15, 0.2) is 36.4 Å². The summed E-state index contributed by atoms with van der Waals surface area (Å²) < 4.78 is 10.5. The molecule has 2 aromatic carbocycles. The molecule has 7 nitrogen and oxygen atoms in total. The van der Waals surface area contributed by atoms with Gasteiger partial charge in [0.25, 0.3) is 5.91 Å². The molecular formula is C23H29N3O4. The molecule has 0 aliphatic carbocycles. The topological polar surface area (TPSA) is 79.9 Å². The molecule has 0 fully saturated rings. The van der Waals surface area contributed by atoms with Crippen LogP contribution in [0.3, 0.4) is 0 Å². The van der Waals surface area contributed by atoms with Gasteiger partial charge in [0.1, 0.15) is 11.5 Å². The van der Waals surface area contributed by atoms with Crippen molar-refractivity contribution in [2.24, 2.45) is 0 Å². The van der Waals surface area contributed by atoms with Gasteiger partial charge in [0.05, 0.1) is 20.8 Å². The van der Waals surface area contributed by atoms with Crippen LogP contribution in [-0.4, -0.2) is 45.2 Å². The Morgan fingerprint density at radius 1 is 1.10 bits per heavy atom. The highest BCUT2D eigenvalue weighted by molar-refractivity contribution is 5.98. The molecule has 0 aromatic heterocycles. The van der Waals surface area contributed by atoms with Crippen LogP contribution in [0.5, 0.6) is 11.5 Å². The lowest BCUT2D eigenvalue weighted by Crippen LogP contribution is -2.38. The first-order valence-corrected chi connectivity index (χ1v) is 10.1. The zero-order valence-corrected chi connectivity index (χ0v) is 18.0. The van der Waals surface area contributed by atoms with Gasteiger partial charge in [-0.15, -0.1) is 0 Å². The van der Waals surface area contributed by atoms with E-state index in [-0.39, 0.29) is 24.4 Å². The quantitative estimate of drug-likeness (QED) is 0.731. The number of amides is 2. The minimum absolute atomic E-state index is 0.0682. The SMILES string of the molecule is COc1cc(NC(=O)CN2CCCc3c(C(=O)NC(C)C)cccc32)cc(OC)c1. The Labute approximate surface area is 177 Å². The van der Waals surface area contributed by atoms with E-state index in [1.54, 1.807) is 32.4 Å². The maximum Gasteiger partial charge on any atom is 0.251 e. The van der Waals surface area contributed by atoms with Gasteiger partial charge >= 0.3 is 0 Å². The molecule has 0 unspecified atom stereocenters. The fourth-order valence-corrected chi connectivity index (χ4v) is 3.67. The van der Waals surface area contributed by atoms with Crippen LogP contribution in [0.2, 0.25) is 0 Å². The van der Waals surface area contributed by atoms with Gasteiger partial charge in [0, 0.05) is 47.7 Å². The zero-order valence-electron chi connectivity index (χ0n) is 18.0. The molecule has 0 bridgehead atoms. The van der Waals surface area contributed by atoms with Gasteiger partial charge in [-0.2, -0.15) is 0 Å². The molecule has 3 rings (SSSR count). The first-order chi connectivity index (χ1) is 14.4. The molecule has 0 radical (unpaired) electrons. The molecule has 7 heteroatoms. The van der Waals surface area contributed by atoms with Crippen LogP contribution in [-0.2, 0) is 11.2 Å². The maximum absolute atomic E-state index is 12.7. The summed E-state index contributed by atoms with van der Waals surface area (Å²) in [6.07, 6.45) is 1.71. The fraction of sp³-hybridized carbons (Fsp3) is 0.391. The average Bonchev–Trinajstić information content (AvgIpc) is 2.72. The van der Waals surface area contributed by atoms with Crippen molar-refractivity contribution in [3.8, 4) is 11.5 Å². The molecule has 1 aliphatic rings. The fourth-order valence-electron chi connectivity index (χ4n) is 3.67. The number of methoxy groups -OCH3 is 2. The van der Waals surface area contributed by atoms with Crippen molar-refractivity contribution in [2.45, 2.75) is 32.7 Å². The number of carbonyl (C=O) groups excluding carboxylic acids is 2. The highest BCUT2D eigenvalue weighted by atomic mass is 16.5. The van der Waals surface area contributed by atoms with Crippen molar-refractivity contribution >= 4 is 23.2 Å². The molecule has 2 N–H and O–H groups in total. The molecular weight excluding hydrogens is 382 g/mol. The van der Waals surface area contributed by atoms with Gasteiger partial charge in [-0.1, -0.05) is 6.07 Å². The van der Waals surface area contributed by atoms with Crippen LogP contribution < -0.4 is 25.0 Å². The summed E-state index contributed by atoms with van der Waals surface area (Å²) in [6.45, 7) is 4.84. The molecule has 0 saturated carbocycles. The van der Waals surface area contributed by atoms with E-state index < -0.39 is 0 Å². The predicted molar refractivity (Wildman–Crippen MR) is 118 cm³/mol. The van der Waals surface area contributed by atoms with Gasteiger partial charge in [-0.25, -0.2) is 0 Å². The predicted octanol–water partition coefficient (Wildman–Crippen LogP) is 3.23. The minimum Gasteiger partial charge on any atom is -0.497 e. The molecule has 0 spiro atoms. The number of nitrogens with one attached hydrogen (secondary N) is 2. The first kappa shape index (κ1) is 21.5. The Bertz CT molecular complexity index is 904. The Kier molecular flexibility index (Phi) is 6.82. The van der Waals surface area contributed by atoms with Gasteiger partial charge in [-0.05, 0) is 44.4 Å². The maximum atomic E-state index is 12.7. The second kappa shape index (κ2) is 9.52. The number of hydrogen-bond donors (Lipinski definition) is 2. The van der Waals surface area contributed by atoms with E-state index in [1.165, 1.54) is 0 Å². The second-order valence-corrected chi connectivity index (χ2v) is 7.61. The van der Waals surface area contributed by atoms with Gasteiger partial charge in [0.2, 0.25) is 5.91 Å². The summed E-state index contributed by atoms with van der Waals surface area (Å²) in [7, 11) is 3.14. The third-order valence-electron chi connectivity index (χ3n) is 4.98. The first-order valence-electron chi connectivity index (χ1n) is 10.1. The Hall–Kier alpha value is -3.22. The van der Waals surface area contributed by atoms with Gasteiger partial charge < -0.3 is 25.0 Å². The van der Waals surface area contributed by atoms with Gasteiger partial charge in [0.15, 0.2) is 0 Å². The highest BCUT2D eigenvalue weighted by Gasteiger charge is 2.24. The number of hydrogen-bond acceptors (Lipinski definition) is 5. The van der Waals surface area contributed by atoms with Crippen molar-refractivity contribution in [2.75, 3.05) is 37.5 Å². The molecule has 1 aliphatic heterocycles.